The number of hydrogen-bond donors (Lipinski definition) is 1. The van der Waals surface area contributed by atoms with E-state index in [9.17, 15) is 0 Å². The number of rotatable bonds is 4. The van der Waals surface area contributed by atoms with E-state index in [4.69, 9.17) is 4.42 Å². The lowest BCUT2D eigenvalue weighted by molar-refractivity contribution is 0.359. The van der Waals surface area contributed by atoms with Crippen LogP contribution >= 0.6 is 0 Å². The Labute approximate surface area is 91.3 Å². The van der Waals surface area contributed by atoms with Gasteiger partial charge in [0, 0.05) is 19.0 Å². The molecular weight excluding hydrogens is 188 g/mol. The lowest BCUT2D eigenvalue weighted by Crippen LogP contribution is -2.18. The van der Waals surface area contributed by atoms with Gasteiger partial charge in [0.05, 0.1) is 5.69 Å². The number of nitrogens with zero attached hydrogens (tertiary/aromatic N) is 1. The maximum Gasteiger partial charge on any atom is 0.181 e. The van der Waals surface area contributed by atoms with Crippen LogP contribution in [0.1, 0.15) is 45.1 Å². The van der Waals surface area contributed by atoms with Crippen molar-refractivity contribution in [3.63, 3.8) is 0 Å². The lowest BCUT2D eigenvalue weighted by Gasteiger charge is -2.16. The van der Waals surface area contributed by atoms with Gasteiger partial charge in [0.15, 0.2) is 6.39 Å². The van der Waals surface area contributed by atoms with Crippen LogP contribution in [0.3, 0.4) is 0 Å². The fourth-order valence-corrected chi connectivity index (χ4v) is 1.59. The Bertz CT molecular complexity index is 321. The summed E-state index contributed by atoms with van der Waals surface area (Å²) >= 11 is 0. The molecule has 0 bridgehead atoms. The van der Waals surface area contributed by atoms with E-state index in [0.29, 0.717) is 0 Å². The Morgan fingerprint density at radius 3 is 2.80 bits per heavy atom. The maximum atomic E-state index is 5.44. The molecule has 3 nitrogen and oxygen atoms in total. The molecule has 1 heterocycles. The largest absolute Gasteiger partial charge is 0.448 e. The molecule has 1 N–H and O–H groups in total. The van der Waals surface area contributed by atoms with Gasteiger partial charge in [-0.1, -0.05) is 20.8 Å². The fourth-order valence-electron chi connectivity index (χ4n) is 1.59. The van der Waals surface area contributed by atoms with Crippen LogP contribution in [-0.2, 0) is 13.0 Å². The van der Waals surface area contributed by atoms with Crippen molar-refractivity contribution in [1.29, 1.82) is 0 Å². The summed E-state index contributed by atoms with van der Waals surface area (Å²) in [6.45, 7) is 7.50. The van der Waals surface area contributed by atoms with Gasteiger partial charge in [-0.2, -0.15) is 0 Å². The molecule has 3 heteroatoms. The molecule has 0 atom stereocenters. The summed E-state index contributed by atoms with van der Waals surface area (Å²) < 4.78 is 5.44. The first kappa shape index (κ1) is 10.7. The molecule has 0 aromatic carbocycles. The molecule has 1 aliphatic rings. The minimum Gasteiger partial charge on any atom is -0.448 e. The van der Waals surface area contributed by atoms with Crippen molar-refractivity contribution in [3.8, 4) is 0 Å². The predicted molar refractivity (Wildman–Crippen MR) is 59.5 cm³/mol. The second-order valence-electron chi connectivity index (χ2n) is 5.61. The molecule has 1 aliphatic carbocycles. The van der Waals surface area contributed by atoms with Gasteiger partial charge in [-0.3, -0.25) is 0 Å². The highest BCUT2D eigenvalue weighted by Crippen LogP contribution is 2.24. The summed E-state index contributed by atoms with van der Waals surface area (Å²) in [7, 11) is 0. The third-order valence-corrected chi connectivity index (χ3v) is 2.55. The van der Waals surface area contributed by atoms with E-state index in [2.05, 4.69) is 31.1 Å². The highest BCUT2D eigenvalue weighted by molar-refractivity contribution is 5.09. The van der Waals surface area contributed by atoms with Gasteiger partial charge in [0.25, 0.3) is 0 Å². The standard InChI is InChI=1S/C12H20N2O/c1-12(2,3)6-11-10(14-8-15-11)7-13-9-4-5-9/h8-9,13H,4-7H2,1-3H3. The predicted octanol–water partition coefficient (Wildman–Crippen LogP) is 2.52. The van der Waals surface area contributed by atoms with Crippen LogP contribution in [0, 0.1) is 5.41 Å². The van der Waals surface area contributed by atoms with Gasteiger partial charge in [-0.15, -0.1) is 0 Å². The number of hydrogen-bond acceptors (Lipinski definition) is 3. The SMILES string of the molecule is CC(C)(C)Cc1ocnc1CNC1CC1. The first-order valence-corrected chi connectivity index (χ1v) is 5.69. The summed E-state index contributed by atoms with van der Waals surface area (Å²) in [4.78, 5) is 4.27. The van der Waals surface area contributed by atoms with E-state index in [1.807, 2.05) is 0 Å². The summed E-state index contributed by atoms with van der Waals surface area (Å²) in [6.07, 6.45) is 5.14. The topological polar surface area (TPSA) is 38.1 Å². The minimum absolute atomic E-state index is 0.258. The second-order valence-corrected chi connectivity index (χ2v) is 5.61. The van der Waals surface area contributed by atoms with Crippen LogP contribution in [0.15, 0.2) is 10.8 Å². The average Bonchev–Trinajstić information content (AvgIpc) is 2.84. The van der Waals surface area contributed by atoms with E-state index in [-0.39, 0.29) is 5.41 Å². The Hall–Kier alpha value is -0.830. The molecule has 84 valence electrons. The first-order chi connectivity index (χ1) is 7.04. The van der Waals surface area contributed by atoms with Gasteiger partial charge >= 0.3 is 0 Å². The molecule has 0 aliphatic heterocycles. The third kappa shape index (κ3) is 3.34. The van der Waals surface area contributed by atoms with Crippen molar-refractivity contribution < 1.29 is 4.42 Å². The van der Waals surface area contributed by atoms with Crippen molar-refractivity contribution in [3.05, 3.63) is 17.8 Å². The van der Waals surface area contributed by atoms with E-state index < -0.39 is 0 Å². The van der Waals surface area contributed by atoms with Crippen molar-refractivity contribution >= 4 is 0 Å². The zero-order chi connectivity index (χ0) is 10.9. The normalized spacial score (nSPS) is 17.0. The fraction of sp³-hybridized carbons (Fsp3) is 0.750. The first-order valence-electron chi connectivity index (χ1n) is 5.69. The van der Waals surface area contributed by atoms with Crippen LogP contribution in [0.25, 0.3) is 0 Å². The molecule has 1 aromatic rings. The third-order valence-electron chi connectivity index (χ3n) is 2.55. The highest BCUT2D eigenvalue weighted by Gasteiger charge is 2.22. The zero-order valence-electron chi connectivity index (χ0n) is 9.84. The van der Waals surface area contributed by atoms with E-state index in [0.717, 1.165) is 30.5 Å². The van der Waals surface area contributed by atoms with E-state index in [1.54, 1.807) is 6.39 Å². The van der Waals surface area contributed by atoms with Crippen LogP contribution < -0.4 is 5.32 Å². The van der Waals surface area contributed by atoms with Gasteiger partial charge in [-0.25, -0.2) is 4.98 Å². The van der Waals surface area contributed by atoms with Crippen LogP contribution in [0.2, 0.25) is 0 Å². The quantitative estimate of drug-likeness (QED) is 0.826. The summed E-state index contributed by atoms with van der Waals surface area (Å²) in [5.41, 5.74) is 1.34. The van der Waals surface area contributed by atoms with Gasteiger partial charge in [0.1, 0.15) is 5.76 Å². The Morgan fingerprint density at radius 2 is 2.20 bits per heavy atom. The molecule has 2 rings (SSSR count). The Kier molecular flexibility index (Phi) is 2.83. The van der Waals surface area contributed by atoms with E-state index in [1.165, 1.54) is 12.8 Å². The molecule has 1 aromatic heterocycles. The van der Waals surface area contributed by atoms with Gasteiger partial charge in [0.2, 0.25) is 0 Å². The monoisotopic (exact) mass is 208 g/mol. The van der Waals surface area contributed by atoms with Crippen LogP contribution in [-0.4, -0.2) is 11.0 Å². The molecule has 0 radical (unpaired) electrons. The molecule has 15 heavy (non-hydrogen) atoms. The number of nitrogens with one attached hydrogen (secondary N) is 1. The summed E-state index contributed by atoms with van der Waals surface area (Å²) in [6, 6.07) is 0.726. The molecule has 0 unspecified atom stereocenters. The Balaban J connectivity index is 1.94. The maximum absolute atomic E-state index is 5.44. The minimum atomic E-state index is 0.258. The molecule has 1 saturated carbocycles. The van der Waals surface area contributed by atoms with Gasteiger partial charge in [-0.05, 0) is 18.3 Å². The zero-order valence-corrected chi connectivity index (χ0v) is 9.84. The molecule has 0 amide bonds. The molecule has 1 fully saturated rings. The lowest BCUT2D eigenvalue weighted by atomic mass is 9.90. The van der Waals surface area contributed by atoms with Crippen LogP contribution in [0.5, 0.6) is 0 Å². The molecular formula is C12H20N2O. The smallest absolute Gasteiger partial charge is 0.181 e. The Morgan fingerprint density at radius 1 is 1.47 bits per heavy atom. The number of aromatic nitrogens is 1. The summed E-state index contributed by atoms with van der Waals surface area (Å²) in [5, 5.41) is 3.46. The van der Waals surface area contributed by atoms with Crippen molar-refractivity contribution in [2.75, 3.05) is 0 Å². The van der Waals surface area contributed by atoms with Crippen molar-refractivity contribution in [2.24, 2.45) is 5.41 Å². The molecule has 0 saturated heterocycles. The second kappa shape index (κ2) is 3.97. The van der Waals surface area contributed by atoms with E-state index >= 15 is 0 Å². The highest BCUT2D eigenvalue weighted by atomic mass is 16.3. The van der Waals surface area contributed by atoms with Crippen molar-refractivity contribution in [2.45, 2.75) is 52.6 Å². The molecule has 0 spiro atoms. The number of oxazole rings is 1. The van der Waals surface area contributed by atoms with Crippen LogP contribution in [0.4, 0.5) is 0 Å². The van der Waals surface area contributed by atoms with Gasteiger partial charge < -0.3 is 9.73 Å². The summed E-state index contributed by atoms with van der Waals surface area (Å²) in [5.74, 6) is 1.04. The van der Waals surface area contributed by atoms with Crippen molar-refractivity contribution in [1.82, 2.24) is 10.3 Å². The average molecular weight is 208 g/mol.